The van der Waals surface area contributed by atoms with E-state index >= 15 is 0 Å². The first-order valence-electron chi connectivity index (χ1n) is 25.3. The summed E-state index contributed by atoms with van der Waals surface area (Å²) in [6.07, 6.45) is 13.4. The summed E-state index contributed by atoms with van der Waals surface area (Å²) in [6, 6.07) is 10.0. The van der Waals surface area contributed by atoms with Crippen LogP contribution in [0.3, 0.4) is 0 Å². The molecule has 2 heterocycles. The molecule has 0 radical (unpaired) electrons. The number of ketones is 1. The Morgan fingerprint density at radius 2 is 1.48 bits per heavy atom. The van der Waals surface area contributed by atoms with E-state index < -0.39 is 11.0 Å². The van der Waals surface area contributed by atoms with Crippen LogP contribution in [0.1, 0.15) is 158 Å². The highest BCUT2D eigenvalue weighted by atomic mass is 16.5. The number of likely N-dealkylation sites (tertiary alicyclic amines) is 2. The van der Waals surface area contributed by atoms with E-state index in [1.54, 1.807) is 0 Å². The maximum absolute atomic E-state index is 14.5. The van der Waals surface area contributed by atoms with Crippen LogP contribution in [0.15, 0.2) is 41.5 Å². The molecule has 0 aromatic heterocycles. The number of rotatable bonds is 9. The fourth-order valence-electron chi connectivity index (χ4n) is 16.5. The molecule has 11 atom stereocenters. The highest BCUT2D eigenvalue weighted by Crippen LogP contribution is 2.76. The molecule has 2 aliphatic heterocycles. The summed E-state index contributed by atoms with van der Waals surface area (Å²) in [7, 11) is 0. The second kappa shape index (κ2) is 16.0. The molecular weight excluding hydrogens is 787 g/mol. The van der Waals surface area contributed by atoms with E-state index in [0.717, 1.165) is 102 Å². The summed E-state index contributed by atoms with van der Waals surface area (Å²) in [5, 5.41) is 3.69. The lowest BCUT2D eigenvalue weighted by atomic mass is 9.33. The number of allylic oxidation sites excluding steroid dienone is 1. The standard InChI is InChI=1S/C54H79N3O6/c1-34(2)44-40(58)31-54(55-48(61)57-29-15-18-36(57)32-56-27-13-14-28-56)26-25-52(8)37(45(44)54)19-20-42-51(7)23-22-43(50(5,6)41(51)21-24-53(42,52)9)63-47(60)39-30-38(49(39,3)4)46(59)62-33-35-16-11-10-12-17-35/h10-12,16-17,34,36-39,41-43H,13-15,18-33H2,1-9H3,(H,55,61)/t36-,37+,38-,39+,41?,42?,43-,51-,52+,53+,54+/m0/s1. The Kier molecular flexibility index (Phi) is 11.4. The van der Waals surface area contributed by atoms with Gasteiger partial charge in [-0.15, -0.1) is 0 Å². The molecule has 5 saturated carbocycles. The van der Waals surface area contributed by atoms with Crippen LogP contribution >= 0.6 is 0 Å². The molecule has 9 nitrogen and oxygen atoms in total. The normalized spacial score (nSPS) is 40.4. The van der Waals surface area contributed by atoms with E-state index in [-0.39, 0.29) is 87.8 Å². The summed E-state index contributed by atoms with van der Waals surface area (Å²) >= 11 is 0. The molecule has 1 N–H and O–H groups in total. The minimum atomic E-state index is -0.593. The first-order valence-corrected chi connectivity index (χ1v) is 25.3. The number of ether oxygens (including phenoxy) is 2. The third-order valence-electron chi connectivity index (χ3n) is 20.3. The van der Waals surface area contributed by atoms with E-state index in [0.29, 0.717) is 24.7 Å². The highest BCUT2D eigenvalue weighted by Gasteiger charge is 2.71. The van der Waals surface area contributed by atoms with E-state index in [1.807, 2.05) is 44.2 Å². The zero-order valence-electron chi connectivity index (χ0n) is 40.3. The Hall–Kier alpha value is -3.20. The molecule has 1 aromatic rings. The van der Waals surface area contributed by atoms with E-state index in [1.165, 1.54) is 18.4 Å². The molecule has 2 saturated heterocycles. The Morgan fingerprint density at radius 3 is 2.17 bits per heavy atom. The Bertz CT molecular complexity index is 2000. The minimum absolute atomic E-state index is 0.00774. The quantitative estimate of drug-likeness (QED) is 0.247. The second-order valence-electron chi connectivity index (χ2n) is 24.2. The van der Waals surface area contributed by atoms with Gasteiger partial charge >= 0.3 is 18.0 Å². The van der Waals surface area contributed by atoms with Gasteiger partial charge in [0.2, 0.25) is 0 Å². The molecule has 346 valence electrons. The van der Waals surface area contributed by atoms with Gasteiger partial charge < -0.3 is 24.6 Å². The average molecular weight is 866 g/mol. The summed E-state index contributed by atoms with van der Waals surface area (Å²) in [5.74, 6) is 0.482. The number of carbonyl (C=O) groups excluding carboxylic acids is 4. The number of benzene rings is 1. The van der Waals surface area contributed by atoms with Crippen molar-refractivity contribution in [1.82, 2.24) is 15.1 Å². The predicted molar refractivity (Wildman–Crippen MR) is 245 cm³/mol. The smallest absolute Gasteiger partial charge is 0.318 e. The van der Waals surface area contributed by atoms with Gasteiger partial charge in [-0.1, -0.05) is 92.6 Å². The molecule has 2 unspecified atom stereocenters. The lowest BCUT2D eigenvalue weighted by Crippen LogP contribution is -2.68. The average Bonchev–Trinajstić information content (AvgIpc) is 3.98. The molecular formula is C54H79N3O6. The van der Waals surface area contributed by atoms with Crippen LogP contribution in [-0.2, 0) is 30.5 Å². The number of Topliss-reactive ketones (excluding diaryl/α,β-unsaturated/α-hetero) is 1. The summed E-state index contributed by atoms with van der Waals surface area (Å²) in [6.45, 7) is 25.2. The van der Waals surface area contributed by atoms with Crippen molar-refractivity contribution in [2.45, 2.75) is 176 Å². The van der Waals surface area contributed by atoms with Crippen LogP contribution in [0.4, 0.5) is 4.79 Å². The van der Waals surface area contributed by atoms with Gasteiger partial charge in [0, 0.05) is 31.0 Å². The second-order valence-corrected chi connectivity index (χ2v) is 24.2. The van der Waals surface area contributed by atoms with Gasteiger partial charge in [-0.25, -0.2) is 4.79 Å². The number of nitrogens with one attached hydrogen (secondary N) is 1. The molecule has 0 spiro atoms. The van der Waals surface area contributed by atoms with Crippen molar-refractivity contribution in [3.8, 4) is 0 Å². The van der Waals surface area contributed by atoms with E-state index in [2.05, 4.69) is 63.6 Å². The van der Waals surface area contributed by atoms with Crippen molar-refractivity contribution in [2.75, 3.05) is 26.2 Å². The lowest BCUT2D eigenvalue weighted by molar-refractivity contribution is -0.235. The van der Waals surface area contributed by atoms with Crippen LogP contribution < -0.4 is 5.32 Å². The van der Waals surface area contributed by atoms with Crippen LogP contribution in [0.2, 0.25) is 0 Å². The fourth-order valence-corrected chi connectivity index (χ4v) is 16.5. The first-order chi connectivity index (χ1) is 29.8. The van der Waals surface area contributed by atoms with Crippen LogP contribution in [0.25, 0.3) is 0 Å². The number of carbonyl (C=O) groups is 4. The predicted octanol–water partition coefficient (Wildman–Crippen LogP) is 10.3. The van der Waals surface area contributed by atoms with Crippen molar-refractivity contribution >= 4 is 23.8 Å². The number of nitrogens with zero attached hydrogens (tertiary/aromatic N) is 2. The topological polar surface area (TPSA) is 105 Å². The maximum Gasteiger partial charge on any atom is 0.318 e. The van der Waals surface area contributed by atoms with Gasteiger partial charge in [0.15, 0.2) is 5.78 Å². The lowest BCUT2D eigenvalue weighted by Gasteiger charge is -2.72. The summed E-state index contributed by atoms with van der Waals surface area (Å²) in [5.41, 5.74) is 2.08. The van der Waals surface area contributed by atoms with Gasteiger partial charge in [0.25, 0.3) is 0 Å². The number of urea groups is 1. The Balaban J connectivity index is 0.901. The third kappa shape index (κ3) is 7.07. The van der Waals surface area contributed by atoms with Gasteiger partial charge in [0.05, 0.1) is 17.4 Å². The zero-order valence-corrected chi connectivity index (χ0v) is 40.3. The molecule has 1 aromatic carbocycles. The number of amides is 2. The molecule has 9 rings (SSSR count). The molecule has 0 bridgehead atoms. The number of hydrogen-bond acceptors (Lipinski definition) is 7. The SMILES string of the molecule is CC(C)C1=C2[C@H]3CCC4[C@@]5(C)CC[C@H](OC(=O)[C@H]6C[C@@H](C(=O)OCc7ccccc7)C6(C)C)C(C)(C)C5CC[C@@]4(C)[C@]3(C)CC[C@@]2(NC(=O)N2CCC[C@H]2CN2CCCC2)CC1=O. The first kappa shape index (κ1) is 45.0. The fraction of sp³-hybridized carbons (Fsp3) is 0.778. The van der Waals surface area contributed by atoms with Crippen LogP contribution in [0, 0.1) is 62.6 Å². The molecule has 7 fully saturated rings. The van der Waals surface area contributed by atoms with E-state index in [9.17, 15) is 19.2 Å². The van der Waals surface area contributed by atoms with Crippen LogP contribution in [-0.4, -0.2) is 77.4 Å². The highest BCUT2D eigenvalue weighted by molar-refractivity contribution is 6.02. The Morgan fingerprint density at radius 1 is 0.762 bits per heavy atom. The van der Waals surface area contributed by atoms with Crippen LogP contribution in [0.5, 0.6) is 0 Å². The number of fused-ring (bicyclic) bond motifs is 7. The molecule has 9 heteroatoms. The monoisotopic (exact) mass is 866 g/mol. The van der Waals surface area contributed by atoms with Gasteiger partial charge in [-0.3, -0.25) is 14.4 Å². The van der Waals surface area contributed by atoms with Crippen molar-refractivity contribution in [3.63, 3.8) is 0 Å². The molecule has 63 heavy (non-hydrogen) atoms. The summed E-state index contributed by atoms with van der Waals surface area (Å²) < 4.78 is 12.3. The molecule has 6 aliphatic carbocycles. The molecule has 2 amide bonds. The van der Waals surface area contributed by atoms with Gasteiger partial charge in [0.1, 0.15) is 12.7 Å². The number of hydrogen-bond donors (Lipinski definition) is 1. The van der Waals surface area contributed by atoms with Crippen molar-refractivity contribution in [1.29, 1.82) is 0 Å². The van der Waals surface area contributed by atoms with Crippen molar-refractivity contribution in [2.24, 2.45) is 62.6 Å². The Labute approximate surface area is 378 Å². The van der Waals surface area contributed by atoms with Crippen molar-refractivity contribution < 1.29 is 28.7 Å². The number of esters is 2. The largest absolute Gasteiger partial charge is 0.462 e. The third-order valence-corrected chi connectivity index (χ3v) is 20.3. The van der Waals surface area contributed by atoms with Gasteiger partial charge in [-0.05, 0) is 159 Å². The van der Waals surface area contributed by atoms with E-state index in [4.69, 9.17) is 9.47 Å². The minimum Gasteiger partial charge on any atom is -0.462 e. The zero-order chi connectivity index (χ0) is 44.9. The summed E-state index contributed by atoms with van der Waals surface area (Å²) in [4.78, 5) is 60.7. The maximum atomic E-state index is 14.5. The molecule has 8 aliphatic rings. The van der Waals surface area contributed by atoms with Crippen molar-refractivity contribution in [3.05, 3.63) is 47.0 Å². The van der Waals surface area contributed by atoms with Gasteiger partial charge in [-0.2, -0.15) is 0 Å².